The van der Waals surface area contributed by atoms with Crippen molar-refractivity contribution in [2.75, 3.05) is 6.54 Å². The summed E-state index contributed by atoms with van der Waals surface area (Å²) < 4.78 is 33.6. The molecule has 140 valence electrons. The van der Waals surface area contributed by atoms with Gasteiger partial charge < -0.3 is 4.42 Å². The summed E-state index contributed by atoms with van der Waals surface area (Å²) in [5, 5.41) is 0. The van der Waals surface area contributed by atoms with E-state index in [0.29, 0.717) is 25.3 Å². The minimum Gasteiger partial charge on any atom is -0.444 e. The number of benzene rings is 1. The topological polar surface area (TPSA) is 76.3 Å². The predicted molar refractivity (Wildman–Crippen MR) is 100 cm³/mol. The molecule has 0 N–H and O–H groups in total. The molecular weight excluding hydrogens is 362 g/mol. The third kappa shape index (κ3) is 3.79. The molecule has 3 heterocycles. The lowest BCUT2D eigenvalue weighted by atomic mass is 10.1. The third-order valence-electron chi connectivity index (χ3n) is 4.77. The van der Waals surface area contributed by atoms with E-state index in [0.717, 1.165) is 24.2 Å². The van der Waals surface area contributed by atoms with Crippen LogP contribution in [0.5, 0.6) is 0 Å². The highest BCUT2D eigenvalue weighted by Crippen LogP contribution is 2.35. The molecule has 3 aromatic rings. The number of nitrogens with zero attached hydrogens (tertiary/aromatic N) is 3. The summed E-state index contributed by atoms with van der Waals surface area (Å²) in [5.41, 5.74) is 1.13. The van der Waals surface area contributed by atoms with Crippen LogP contribution in [0.4, 0.5) is 0 Å². The van der Waals surface area contributed by atoms with Crippen LogP contribution in [0.25, 0.3) is 0 Å². The lowest BCUT2D eigenvalue weighted by Gasteiger charge is -2.32. The highest BCUT2D eigenvalue weighted by molar-refractivity contribution is 7.89. The first-order valence-corrected chi connectivity index (χ1v) is 10.5. The van der Waals surface area contributed by atoms with Crippen molar-refractivity contribution in [3.8, 4) is 0 Å². The van der Waals surface area contributed by atoms with Gasteiger partial charge in [0.1, 0.15) is 16.7 Å². The first kappa shape index (κ1) is 17.9. The van der Waals surface area contributed by atoms with Crippen LogP contribution in [0.3, 0.4) is 0 Å². The Bertz CT molecular complexity index is 988. The van der Waals surface area contributed by atoms with Gasteiger partial charge in [0.2, 0.25) is 15.9 Å². The number of pyridine rings is 1. The van der Waals surface area contributed by atoms with Crippen molar-refractivity contribution < 1.29 is 12.8 Å². The first-order chi connectivity index (χ1) is 13.1. The first-order valence-electron chi connectivity index (χ1n) is 9.05. The standard InChI is InChI=1S/C20H21N3O3S/c24-27(25,18-9-6-11-21-15-18)23-12-5-4-10-19(23)20-22-14-17(26-20)13-16-7-2-1-3-8-16/h1-3,6-9,11,14-15,19H,4-5,10,12-13H2/t19-/m0/s1. The van der Waals surface area contributed by atoms with Crippen LogP contribution in [-0.4, -0.2) is 29.2 Å². The number of hydrogen-bond donors (Lipinski definition) is 0. The molecule has 0 radical (unpaired) electrons. The largest absolute Gasteiger partial charge is 0.444 e. The number of oxazole rings is 1. The Morgan fingerprint density at radius 1 is 1.07 bits per heavy atom. The SMILES string of the molecule is O=S(=O)(c1cccnc1)N1CCCC[C@H]1c1ncc(Cc2ccccc2)o1. The van der Waals surface area contributed by atoms with Crippen molar-refractivity contribution in [2.24, 2.45) is 0 Å². The van der Waals surface area contributed by atoms with Crippen molar-refractivity contribution in [3.63, 3.8) is 0 Å². The summed E-state index contributed by atoms with van der Waals surface area (Å²) in [5.74, 6) is 1.20. The molecule has 1 aromatic carbocycles. The summed E-state index contributed by atoms with van der Waals surface area (Å²) >= 11 is 0. The van der Waals surface area contributed by atoms with Crippen LogP contribution in [0.2, 0.25) is 0 Å². The number of piperidine rings is 1. The zero-order valence-corrected chi connectivity index (χ0v) is 15.7. The molecule has 1 aliphatic heterocycles. The number of sulfonamides is 1. The molecule has 1 atom stereocenters. The van der Waals surface area contributed by atoms with E-state index < -0.39 is 10.0 Å². The molecule has 1 fully saturated rings. The monoisotopic (exact) mass is 383 g/mol. The second-order valence-electron chi connectivity index (χ2n) is 6.64. The average Bonchev–Trinajstić information content (AvgIpc) is 3.18. The van der Waals surface area contributed by atoms with Crippen LogP contribution in [0.15, 0.2) is 70.4 Å². The minimum absolute atomic E-state index is 0.202. The van der Waals surface area contributed by atoms with Gasteiger partial charge in [-0.15, -0.1) is 0 Å². The van der Waals surface area contributed by atoms with Gasteiger partial charge in [0.25, 0.3) is 0 Å². The minimum atomic E-state index is -3.64. The van der Waals surface area contributed by atoms with E-state index in [1.165, 1.54) is 10.5 Å². The Morgan fingerprint density at radius 2 is 1.93 bits per heavy atom. The molecule has 1 aliphatic rings. The molecular formula is C20H21N3O3S. The zero-order valence-electron chi connectivity index (χ0n) is 14.9. The summed E-state index contributed by atoms with van der Waals surface area (Å²) in [7, 11) is -3.64. The molecule has 0 spiro atoms. The van der Waals surface area contributed by atoms with Crippen LogP contribution >= 0.6 is 0 Å². The highest BCUT2D eigenvalue weighted by atomic mass is 32.2. The van der Waals surface area contributed by atoms with Crippen molar-refractivity contribution in [1.82, 2.24) is 14.3 Å². The van der Waals surface area contributed by atoms with Gasteiger partial charge in [0.15, 0.2) is 0 Å². The van der Waals surface area contributed by atoms with Gasteiger partial charge in [-0.1, -0.05) is 36.8 Å². The maximum atomic E-state index is 13.1. The maximum Gasteiger partial charge on any atom is 0.245 e. The van der Waals surface area contributed by atoms with E-state index >= 15 is 0 Å². The van der Waals surface area contributed by atoms with E-state index in [1.807, 2.05) is 30.3 Å². The van der Waals surface area contributed by atoms with E-state index in [2.05, 4.69) is 9.97 Å². The molecule has 0 saturated carbocycles. The predicted octanol–water partition coefficient (Wildman–Crippen LogP) is 3.58. The Morgan fingerprint density at radius 3 is 2.70 bits per heavy atom. The van der Waals surface area contributed by atoms with Gasteiger partial charge >= 0.3 is 0 Å². The van der Waals surface area contributed by atoms with E-state index in [9.17, 15) is 8.42 Å². The van der Waals surface area contributed by atoms with Gasteiger partial charge in [-0.05, 0) is 30.5 Å². The van der Waals surface area contributed by atoms with Crippen LogP contribution in [0, 0.1) is 0 Å². The normalized spacial score (nSPS) is 18.4. The molecule has 27 heavy (non-hydrogen) atoms. The molecule has 6 nitrogen and oxygen atoms in total. The summed E-state index contributed by atoms with van der Waals surface area (Å²) in [6, 6.07) is 12.8. The van der Waals surface area contributed by atoms with Gasteiger partial charge in [-0.25, -0.2) is 13.4 Å². The molecule has 4 rings (SSSR count). The third-order valence-corrected chi connectivity index (χ3v) is 6.66. The smallest absolute Gasteiger partial charge is 0.245 e. The van der Waals surface area contributed by atoms with Crippen LogP contribution in [0.1, 0.15) is 42.5 Å². The molecule has 0 amide bonds. The Balaban J connectivity index is 1.60. The molecule has 0 bridgehead atoms. The van der Waals surface area contributed by atoms with Crippen molar-refractivity contribution in [3.05, 3.63) is 78.3 Å². The molecule has 0 aliphatic carbocycles. The summed E-state index contributed by atoms with van der Waals surface area (Å²) in [6.45, 7) is 0.457. The highest BCUT2D eigenvalue weighted by Gasteiger charge is 2.37. The van der Waals surface area contributed by atoms with E-state index in [1.54, 1.807) is 24.5 Å². The second kappa shape index (κ2) is 7.62. The fourth-order valence-corrected chi connectivity index (χ4v) is 5.05. The van der Waals surface area contributed by atoms with Gasteiger partial charge in [0, 0.05) is 25.4 Å². The Hall–Kier alpha value is -2.51. The lowest BCUT2D eigenvalue weighted by molar-refractivity contribution is 0.216. The van der Waals surface area contributed by atoms with Crippen molar-refractivity contribution in [2.45, 2.75) is 36.6 Å². The van der Waals surface area contributed by atoms with Crippen molar-refractivity contribution >= 4 is 10.0 Å². The van der Waals surface area contributed by atoms with Gasteiger partial charge in [0.05, 0.1) is 6.20 Å². The molecule has 0 unspecified atom stereocenters. The number of aromatic nitrogens is 2. The lowest BCUT2D eigenvalue weighted by Crippen LogP contribution is -2.38. The quantitative estimate of drug-likeness (QED) is 0.673. The maximum absolute atomic E-state index is 13.1. The average molecular weight is 383 g/mol. The fourth-order valence-electron chi connectivity index (χ4n) is 3.43. The molecule has 1 saturated heterocycles. The van der Waals surface area contributed by atoms with Crippen molar-refractivity contribution in [1.29, 1.82) is 0 Å². The summed E-state index contributed by atoms with van der Waals surface area (Å²) in [6.07, 6.45) is 7.76. The van der Waals surface area contributed by atoms with Crippen LogP contribution < -0.4 is 0 Å². The number of hydrogen-bond acceptors (Lipinski definition) is 5. The van der Waals surface area contributed by atoms with Crippen LogP contribution in [-0.2, 0) is 16.4 Å². The molecule has 2 aromatic heterocycles. The van der Waals surface area contributed by atoms with E-state index in [4.69, 9.17) is 4.42 Å². The Labute approximate surface area is 158 Å². The summed E-state index contributed by atoms with van der Waals surface area (Å²) in [4.78, 5) is 8.56. The second-order valence-corrected chi connectivity index (χ2v) is 8.53. The van der Waals surface area contributed by atoms with E-state index in [-0.39, 0.29) is 10.9 Å². The fraction of sp³-hybridized carbons (Fsp3) is 0.300. The number of rotatable bonds is 5. The van der Waals surface area contributed by atoms with Gasteiger partial charge in [-0.2, -0.15) is 4.31 Å². The Kier molecular flexibility index (Phi) is 5.05. The van der Waals surface area contributed by atoms with Gasteiger partial charge in [-0.3, -0.25) is 4.98 Å². The zero-order chi connectivity index (χ0) is 18.7. The molecule has 7 heteroatoms.